The average Bonchev–Trinajstić information content (AvgIpc) is 2.59. The summed E-state index contributed by atoms with van der Waals surface area (Å²) in [5.74, 6) is -0.444. The van der Waals surface area contributed by atoms with Gasteiger partial charge in [0, 0.05) is 12.0 Å². The predicted molar refractivity (Wildman–Crippen MR) is 108 cm³/mol. The minimum Gasteiger partial charge on any atom is -0.478 e. The van der Waals surface area contributed by atoms with Crippen LogP contribution in [0, 0.1) is 29.6 Å². The van der Waals surface area contributed by atoms with Gasteiger partial charge in [0.05, 0.1) is 6.10 Å². The second-order valence-corrected chi connectivity index (χ2v) is 8.87. The minimum absolute atomic E-state index is 0.0763. The second-order valence-electron chi connectivity index (χ2n) is 7.82. The van der Waals surface area contributed by atoms with Crippen LogP contribution in [0.3, 0.4) is 0 Å². The molecule has 1 saturated carbocycles. The number of hydrogen-bond donors (Lipinski definition) is 2. The van der Waals surface area contributed by atoms with Crippen LogP contribution in [0.4, 0.5) is 0 Å². The van der Waals surface area contributed by atoms with Gasteiger partial charge in [0.1, 0.15) is 0 Å². The van der Waals surface area contributed by atoms with Gasteiger partial charge in [-0.05, 0) is 57.3 Å². The summed E-state index contributed by atoms with van der Waals surface area (Å²) in [6, 6.07) is 0. The van der Waals surface area contributed by atoms with Gasteiger partial charge in [0.25, 0.3) is 0 Å². The van der Waals surface area contributed by atoms with E-state index < -0.39 is 22.5 Å². The Morgan fingerprint density at radius 3 is 2.54 bits per heavy atom. The molecule has 0 aliphatic heterocycles. The highest BCUT2D eigenvalue weighted by molar-refractivity contribution is 7.80. The summed E-state index contributed by atoms with van der Waals surface area (Å²) >= 11 is 0. The molecule has 6 nitrogen and oxygen atoms in total. The van der Waals surface area contributed by atoms with Gasteiger partial charge in [0.15, 0.2) is 0 Å². The number of carboxylic acids is 1. The zero-order valence-electron chi connectivity index (χ0n) is 16.8. The Hall–Kier alpha value is -1.70. The molecule has 156 valence electrons. The van der Waals surface area contributed by atoms with Crippen LogP contribution in [0.15, 0.2) is 47.6 Å². The molecule has 28 heavy (non-hydrogen) atoms. The zero-order chi connectivity index (χ0) is 21.1. The molecule has 0 unspecified atom stereocenters. The van der Waals surface area contributed by atoms with Gasteiger partial charge in [-0.3, -0.25) is 4.55 Å². The number of aliphatic carboxylic acids is 1. The van der Waals surface area contributed by atoms with Crippen molar-refractivity contribution in [3.63, 3.8) is 0 Å². The van der Waals surface area contributed by atoms with Crippen LogP contribution >= 0.6 is 0 Å². The van der Waals surface area contributed by atoms with Gasteiger partial charge in [-0.25, -0.2) is 8.98 Å². The molecule has 2 N–H and O–H groups in total. The third-order valence-electron chi connectivity index (χ3n) is 6.14. The minimum atomic E-state index is -4.51. The van der Waals surface area contributed by atoms with E-state index in [9.17, 15) is 13.2 Å². The Bertz CT molecular complexity index is 805. The quantitative estimate of drug-likeness (QED) is 0.295. The van der Waals surface area contributed by atoms with Crippen molar-refractivity contribution in [1.82, 2.24) is 0 Å². The Kier molecular flexibility index (Phi) is 7.42. The van der Waals surface area contributed by atoms with E-state index in [0.29, 0.717) is 6.42 Å². The van der Waals surface area contributed by atoms with Crippen LogP contribution in [-0.2, 0) is 19.4 Å². The molecule has 0 saturated heterocycles. The molecule has 0 aromatic carbocycles. The van der Waals surface area contributed by atoms with Crippen molar-refractivity contribution in [3.05, 3.63) is 47.6 Å². The lowest BCUT2D eigenvalue weighted by atomic mass is 9.57. The molecular weight excluding hydrogens is 380 g/mol. The largest absolute Gasteiger partial charge is 0.478 e. The fourth-order valence-electron chi connectivity index (χ4n) is 4.95. The lowest BCUT2D eigenvalue weighted by Crippen LogP contribution is -2.45. The third kappa shape index (κ3) is 5.43. The van der Waals surface area contributed by atoms with Crippen LogP contribution in [-0.4, -0.2) is 30.2 Å². The SMILES string of the molecule is C/C=C(\C)[C@@H]1C(C)=C[C@H]2CC[C@H](OS(=O)(=O)O)[C@H](C)[C@H]2[C@@H]1/C=C/C=C/C(=O)O. The molecule has 2 aliphatic rings. The molecule has 0 aromatic heterocycles. The van der Waals surface area contributed by atoms with Gasteiger partial charge < -0.3 is 5.11 Å². The van der Waals surface area contributed by atoms with Crippen LogP contribution < -0.4 is 0 Å². The predicted octanol–water partition coefficient (Wildman–Crippen LogP) is 4.19. The Morgan fingerprint density at radius 2 is 1.96 bits per heavy atom. The van der Waals surface area contributed by atoms with Gasteiger partial charge >= 0.3 is 16.4 Å². The maximum atomic E-state index is 11.3. The second kappa shape index (κ2) is 9.20. The van der Waals surface area contributed by atoms with Crippen LogP contribution in [0.5, 0.6) is 0 Å². The van der Waals surface area contributed by atoms with Crippen LogP contribution in [0.25, 0.3) is 0 Å². The molecule has 2 aliphatic carbocycles. The van der Waals surface area contributed by atoms with Crippen molar-refractivity contribution in [1.29, 1.82) is 0 Å². The number of hydrogen-bond acceptors (Lipinski definition) is 4. The summed E-state index contributed by atoms with van der Waals surface area (Å²) in [4.78, 5) is 10.7. The van der Waals surface area contributed by atoms with Crippen LogP contribution in [0.2, 0.25) is 0 Å². The molecular formula is C21H30O6S. The Balaban J connectivity index is 2.43. The molecule has 1 fully saturated rings. The number of allylic oxidation sites excluding steroid dienone is 7. The van der Waals surface area contributed by atoms with Crippen molar-refractivity contribution >= 4 is 16.4 Å². The van der Waals surface area contributed by atoms with Crippen LogP contribution in [0.1, 0.15) is 40.5 Å². The standard InChI is InChI=1S/C21H30O6S/c1-5-13(2)20-14(3)12-16-10-11-18(27-28(24,25)26)15(4)21(16)17(20)8-6-7-9-19(22)23/h5-9,12,15-18,20-21H,10-11H2,1-4H3,(H,22,23)(H,24,25,26)/b8-6+,9-7+,13-5+/t15-,16+,17+,18-,20+,21+/m0/s1. The topological polar surface area (TPSA) is 101 Å². The van der Waals surface area contributed by atoms with Gasteiger partial charge in [-0.15, -0.1) is 0 Å². The summed E-state index contributed by atoms with van der Waals surface area (Å²) in [6.07, 6.45) is 11.5. The first-order valence-corrected chi connectivity index (χ1v) is 11.0. The Morgan fingerprint density at radius 1 is 1.29 bits per heavy atom. The maximum Gasteiger partial charge on any atom is 0.397 e. The van der Waals surface area contributed by atoms with E-state index in [4.69, 9.17) is 13.8 Å². The molecule has 6 atom stereocenters. The van der Waals surface area contributed by atoms with E-state index in [1.807, 2.05) is 19.9 Å². The fraction of sp³-hybridized carbons (Fsp3) is 0.571. The molecule has 7 heteroatoms. The zero-order valence-corrected chi connectivity index (χ0v) is 17.6. The molecule has 0 bridgehead atoms. The molecule has 0 radical (unpaired) electrons. The molecule has 2 rings (SSSR count). The number of carboxylic acid groups (broad SMARTS) is 1. The average molecular weight is 411 g/mol. The van der Waals surface area contributed by atoms with Gasteiger partial charge in [-0.1, -0.05) is 48.5 Å². The van der Waals surface area contributed by atoms with Crippen molar-refractivity contribution in [3.8, 4) is 0 Å². The monoisotopic (exact) mass is 410 g/mol. The van der Waals surface area contributed by atoms with E-state index >= 15 is 0 Å². The van der Waals surface area contributed by atoms with Crippen molar-refractivity contribution in [2.45, 2.75) is 46.6 Å². The first-order chi connectivity index (χ1) is 13.0. The van der Waals surface area contributed by atoms with Crippen molar-refractivity contribution in [2.24, 2.45) is 29.6 Å². The van der Waals surface area contributed by atoms with E-state index in [1.54, 1.807) is 6.08 Å². The normalized spacial score (nSPS) is 34.5. The lowest BCUT2D eigenvalue weighted by Gasteiger charge is -2.49. The number of rotatable bonds is 6. The first-order valence-electron chi connectivity index (χ1n) is 9.59. The highest BCUT2D eigenvalue weighted by Gasteiger charge is 2.46. The summed E-state index contributed by atoms with van der Waals surface area (Å²) in [6.45, 7) is 8.16. The van der Waals surface area contributed by atoms with Crippen molar-refractivity contribution in [2.75, 3.05) is 0 Å². The summed E-state index contributed by atoms with van der Waals surface area (Å²) < 4.78 is 36.6. The van der Waals surface area contributed by atoms with E-state index in [1.165, 1.54) is 17.2 Å². The first kappa shape index (κ1) is 22.6. The summed E-state index contributed by atoms with van der Waals surface area (Å²) in [5.41, 5.74) is 2.49. The van der Waals surface area contributed by atoms with E-state index in [-0.39, 0.29) is 29.6 Å². The van der Waals surface area contributed by atoms with E-state index in [0.717, 1.165) is 12.5 Å². The number of carbonyl (C=O) groups is 1. The molecule has 0 spiro atoms. The smallest absolute Gasteiger partial charge is 0.397 e. The highest BCUT2D eigenvalue weighted by atomic mass is 32.3. The maximum absolute atomic E-state index is 11.3. The van der Waals surface area contributed by atoms with Crippen molar-refractivity contribution < 1.29 is 27.1 Å². The number of fused-ring (bicyclic) bond motifs is 1. The molecule has 0 heterocycles. The summed E-state index contributed by atoms with van der Waals surface area (Å²) in [5, 5.41) is 8.81. The van der Waals surface area contributed by atoms with Gasteiger partial charge in [0.2, 0.25) is 0 Å². The molecule has 0 amide bonds. The van der Waals surface area contributed by atoms with E-state index in [2.05, 4.69) is 26.0 Å². The summed E-state index contributed by atoms with van der Waals surface area (Å²) in [7, 11) is -4.51. The lowest BCUT2D eigenvalue weighted by molar-refractivity contribution is -0.131. The fourth-order valence-corrected chi connectivity index (χ4v) is 5.54. The third-order valence-corrected chi connectivity index (χ3v) is 6.63. The Labute approximate surface area is 167 Å². The highest BCUT2D eigenvalue weighted by Crippen LogP contribution is 2.51. The van der Waals surface area contributed by atoms with Gasteiger partial charge in [-0.2, -0.15) is 8.42 Å². The molecule has 0 aromatic rings.